The van der Waals surface area contributed by atoms with Crippen molar-refractivity contribution in [3.8, 4) is 6.07 Å². The molecule has 0 radical (unpaired) electrons. The van der Waals surface area contributed by atoms with Gasteiger partial charge < -0.3 is 4.90 Å². The van der Waals surface area contributed by atoms with Crippen molar-refractivity contribution in [2.24, 2.45) is 0 Å². The Morgan fingerprint density at radius 3 is 2.38 bits per heavy atom. The Morgan fingerprint density at radius 2 is 1.75 bits per heavy atom. The highest BCUT2D eigenvalue weighted by Gasteiger charge is 2.22. The number of carbonyl (C=O) groups excluding carboxylic acids is 1. The van der Waals surface area contributed by atoms with E-state index in [1.807, 2.05) is 43.0 Å². The van der Waals surface area contributed by atoms with Crippen molar-refractivity contribution in [3.63, 3.8) is 0 Å². The van der Waals surface area contributed by atoms with Crippen molar-refractivity contribution >= 4 is 15.9 Å². The monoisotopic (exact) mass is 454 g/mol. The molecule has 1 aliphatic rings. The topological polar surface area (TPSA) is 93.5 Å². The summed E-state index contributed by atoms with van der Waals surface area (Å²) in [5.74, 6) is -0.0796. The van der Waals surface area contributed by atoms with E-state index in [2.05, 4.69) is 15.7 Å². The Labute approximate surface area is 190 Å². The minimum absolute atomic E-state index is 0.0796. The summed E-state index contributed by atoms with van der Waals surface area (Å²) >= 11 is 0. The number of amides is 1. The van der Waals surface area contributed by atoms with E-state index < -0.39 is 10.0 Å². The van der Waals surface area contributed by atoms with Gasteiger partial charge in [-0.15, -0.1) is 0 Å². The highest BCUT2D eigenvalue weighted by Crippen LogP contribution is 2.16. The molecule has 1 N–H and O–H groups in total. The lowest BCUT2D eigenvalue weighted by Crippen LogP contribution is -2.35. The fraction of sp³-hybridized carbons (Fsp3) is 0.417. The molecule has 0 bridgehead atoms. The van der Waals surface area contributed by atoms with Crippen LogP contribution in [0.15, 0.2) is 53.4 Å². The molecule has 0 saturated carbocycles. The van der Waals surface area contributed by atoms with Crippen LogP contribution in [0.25, 0.3) is 0 Å². The van der Waals surface area contributed by atoms with Crippen molar-refractivity contribution in [1.29, 1.82) is 5.26 Å². The third-order valence-corrected chi connectivity index (χ3v) is 7.35. The maximum atomic E-state index is 13.0. The summed E-state index contributed by atoms with van der Waals surface area (Å²) in [5.41, 5.74) is 2.29. The quantitative estimate of drug-likeness (QED) is 0.694. The van der Waals surface area contributed by atoms with Gasteiger partial charge in [0, 0.05) is 44.3 Å². The van der Waals surface area contributed by atoms with Crippen LogP contribution >= 0.6 is 0 Å². The summed E-state index contributed by atoms with van der Waals surface area (Å²) in [6.07, 6.45) is 1.57. The van der Waals surface area contributed by atoms with Crippen LogP contribution in [0.2, 0.25) is 0 Å². The lowest BCUT2D eigenvalue weighted by Gasteiger charge is -2.22. The normalized spacial score (nSPS) is 16.2. The van der Waals surface area contributed by atoms with E-state index in [1.165, 1.54) is 12.1 Å². The van der Waals surface area contributed by atoms with Crippen molar-refractivity contribution in [1.82, 2.24) is 14.5 Å². The molecule has 1 aliphatic heterocycles. The van der Waals surface area contributed by atoms with E-state index in [1.54, 1.807) is 12.1 Å². The molecule has 2 aromatic carbocycles. The first kappa shape index (κ1) is 23.9. The minimum Gasteiger partial charge on any atom is -0.337 e. The first-order chi connectivity index (χ1) is 15.3. The summed E-state index contributed by atoms with van der Waals surface area (Å²) in [6, 6.07) is 15.7. The maximum Gasteiger partial charge on any atom is 0.253 e. The Morgan fingerprint density at radius 1 is 1.06 bits per heavy atom. The standard InChI is InChI=1S/C24H30N4O3S/c1-3-19(2)26-32(30,31)23-11-9-22(10-12-23)24(29)28-14-4-13-27(15-16-28)18-21-7-5-20(17-25)6-8-21/h5-12,19,26H,3-4,13-16,18H2,1-2H3/t19-/m1/s1. The third-order valence-electron chi connectivity index (χ3n) is 5.75. The maximum absolute atomic E-state index is 13.0. The molecule has 0 aliphatic carbocycles. The molecular formula is C24H30N4O3S. The molecule has 0 aromatic heterocycles. The Bertz CT molecular complexity index is 1060. The average molecular weight is 455 g/mol. The number of nitriles is 1. The molecule has 1 amide bonds. The van der Waals surface area contributed by atoms with Crippen LogP contribution in [0, 0.1) is 11.3 Å². The van der Waals surface area contributed by atoms with Crippen LogP contribution in [-0.4, -0.2) is 56.3 Å². The van der Waals surface area contributed by atoms with Gasteiger partial charge in [-0.1, -0.05) is 19.1 Å². The number of nitrogens with one attached hydrogen (secondary N) is 1. The molecule has 170 valence electrons. The second-order valence-corrected chi connectivity index (χ2v) is 9.90. The van der Waals surface area contributed by atoms with Crippen molar-refractivity contribution < 1.29 is 13.2 Å². The number of hydrogen-bond donors (Lipinski definition) is 1. The second-order valence-electron chi connectivity index (χ2n) is 8.19. The number of carbonyl (C=O) groups is 1. The first-order valence-electron chi connectivity index (χ1n) is 11.0. The number of sulfonamides is 1. The van der Waals surface area contributed by atoms with Gasteiger partial charge >= 0.3 is 0 Å². The zero-order valence-corrected chi connectivity index (χ0v) is 19.4. The average Bonchev–Trinajstić information content (AvgIpc) is 3.04. The van der Waals surface area contributed by atoms with Gasteiger partial charge in [-0.3, -0.25) is 9.69 Å². The van der Waals surface area contributed by atoms with E-state index in [-0.39, 0.29) is 16.8 Å². The minimum atomic E-state index is -3.59. The highest BCUT2D eigenvalue weighted by atomic mass is 32.2. The van der Waals surface area contributed by atoms with Crippen LogP contribution in [0.1, 0.15) is 48.2 Å². The SMILES string of the molecule is CC[C@@H](C)NS(=O)(=O)c1ccc(C(=O)N2CCCN(Cc3ccc(C#N)cc3)CC2)cc1. The van der Waals surface area contributed by atoms with Gasteiger partial charge in [0.2, 0.25) is 10.0 Å². The van der Waals surface area contributed by atoms with Crippen molar-refractivity contribution in [2.45, 2.75) is 44.2 Å². The molecule has 1 saturated heterocycles. The van der Waals surface area contributed by atoms with Gasteiger partial charge in [0.25, 0.3) is 5.91 Å². The van der Waals surface area contributed by atoms with E-state index in [0.717, 1.165) is 31.6 Å². The van der Waals surface area contributed by atoms with Gasteiger partial charge in [0.1, 0.15) is 0 Å². The molecule has 0 unspecified atom stereocenters. The fourth-order valence-corrected chi connectivity index (χ4v) is 4.98. The zero-order valence-electron chi connectivity index (χ0n) is 18.6. The predicted molar refractivity (Wildman–Crippen MR) is 123 cm³/mol. The van der Waals surface area contributed by atoms with Crippen LogP contribution < -0.4 is 4.72 Å². The summed E-state index contributed by atoms with van der Waals surface area (Å²) < 4.78 is 27.5. The van der Waals surface area contributed by atoms with E-state index in [0.29, 0.717) is 30.6 Å². The van der Waals surface area contributed by atoms with Crippen molar-refractivity contribution in [3.05, 3.63) is 65.2 Å². The molecule has 7 nitrogen and oxygen atoms in total. The fourth-order valence-electron chi connectivity index (χ4n) is 3.65. The smallest absolute Gasteiger partial charge is 0.253 e. The number of nitrogens with zero attached hydrogens (tertiary/aromatic N) is 3. The second kappa shape index (κ2) is 10.7. The molecule has 1 fully saturated rings. The van der Waals surface area contributed by atoms with Crippen LogP contribution in [0.4, 0.5) is 0 Å². The van der Waals surface area contributed by atoms with Crippen LogP contribution in [0.3, 0.4) is 0 Å². The first-order valence-corrected chi connectivity index (χ1v) is 12.4. The van der Waals surface area contributed by atoms with Gasteiger partial charge in [-0.2, -0.15) is 5.26 Å². The zero-order chi connectivity index (χ0) is 23.1. The van der Waals surface area contributed by atoms with Gasteiger partial charge in [-0.05, 0) is 61.7 Å². The van der Waals surface area contributed by atoms with E-state index in [9.17, 15) is 13.2 Å². The van der Waals surface area contributed by atoms with Crippen LogP contribution in [-0.2, 0) is 16.6 Å². The lowest BCUT2D eigenvalue weighted by atomic mass is 10.1. The highest BCUT2D eigenvalue weighted by molar-refractivity contribution is 7.89. The molecule has 8 heteroatoms. The Kier molecular flexibility index (Phi) is 8.02. The van der Waals surface area contributed by atoms with Crippen molar-refractivity contribution in [2.75, 3.05) is 26.2 Å². The summed E-state index contributed by atoms with van der Waals surface area (Å²) in [4.78, 5) is 17.3. The largest absolute Gasteiger partial charge is 0.337 e. The summed E-state index contributed by atoms with van der Waals surface area (Å²) in [6.45, 7) is 7.45. The summed E-state index contributed by atoms with van der Waals surface area (Å²) in [5, 5.41) is 8.93. The lowest BCUT2D eigenvalue weighted by molar-refractivity contribution is 0.0761. The van der Waals surface area contributed by atoms with Gasteiger partial charge in [0.05, 0.1) is 16.5 Å². The molecule has 1 heterocycles. The number of benzene rings is 2. The Hall–Kier alpha value is -2.73. The third kappa shape index (κ3) is 6.16. The van der Waals surface area contributed by atoms with Gasteiger partial charge in [0.15, 0.2) is 0 Å². The molecule has 2 aromatic rings. The molecule has 32 heavy (non-hydrogen) atoms. The number of hydrogen-bond acceptors (Lipinski definition) is 5. The summed E-state index contributed by atoms with van der Waals surface area (Å²) in [7, 11) is -3.59. The molecular weight excluding hydrogens is 424 g/mol. The predicted octanol–water partition coefficient (Wildman–Crippen LogP) is 2.98. The van der Waals surface area contributed by atoms with Crippen LogP contribution in [0.5, 0.6) is 0 Å². The van der Waals surface area contributed by atoms with E-state index in [4.69, 9.17) is 5.26 Å². The van der Waals surface area contributed by atoms with E-state index >= 15 is 0 Å². The number of rotatable bonds is 7. The molecule has 1 atom stereocenters. The molecule has 3 rings (SSSR count). The van der Waals surface area contributed by atoms with Gasteiger partial charge in [-0.25, -0.2) is 13.1 Å². The Balaban J connectivity index is 1.60. The molecule has 0 spiro atoms.